The summed E-state index contributed by atoms with van der Waals surface area (Å²) in [5, 5.41) is 6.28. The summed E-state index contributed by atoms with van der Waals surface area (Å²) in [6, 6.07) is 15.2. The quantitative estimate of drug-likeness (QED) is 0.216. The number of ether oxygens (including phenoxy) is 1. The lowest BCUT2D eigenvalue weighted by Crippen LogP contribution is -2.40. The number of nitrogens with one attached hydrogen (secondary N) is 3. The van der Waals surface area contributed by atoms with Crippen molar-refractivity contribution in [1.29, 1.82) is 0 Å². The summed E-state index contributed by atoms with van der Waals surface area (Å²) in [4.78, 5) is 28.3. The fourth-order valence-corrected chi connectivity index (χ4v) is 6.94. The normalized spacial score (nSPS) is 18.9. The van der Waals surface area contributed by atoms with Gasteiger partial charge in [0.2, 0.25) is 21.9 Å². The molecule has 15 heteroatoms. The van der Waals surface area contributed by atoms with Crippen LogP contribution in [0.3, 0.4) is 0 Å². The molecule has 0 spiro atoms. The molecule has 3 heterocycles. The van der Waals surface area contributed by atoms with E-state index in [0.29, 0.717) is 61.5 Å². The zero-order valence-corrected chi connectivity index (χ0v) is 26.8. The lowest BCUT2D eigenvalue weighted by Gasteiger charge is -2.31. The minimum atomic E-state index is -3.78. The van der Waals surface area contributed by atoms with Crippen LogP contribution in [0.15, 0.2) is 59.5 Å². The van der Waals surface area contributed by atoms with Crippen LogP contribution in [-0.4, -0.2) is 79.3 Å². The number of halogens is 2. The minimum Gasteiger partial charge on any atom is -0.378 e. The second kappa shape index (κ2) is 14.3. The van der Waals surface area contributed by atoms with Crippen molar-refractivity contribution in [2.75, 3.05) is 49.6 Å². The van der Waals surface area contributed by atoms with Gasteiger partial charge < -0.3 is 20.3 Å². The number of morpholine rings is 1. The van der Waals surface area contributed by atoms with E-state index < -0.39 is 22.4 Å². The maximum Gasteiger partial charge on any atom is 0.296 e. The summed E-state index contributed by atoms with van der Waals surface area (Å²) >= 11 is 0. The fraction of sp³-hybridized carbons (Fsp3) is 0.438. The van der Waals surface area contributed by atoms with Crippen LogP contribution in [0.2, 0.25) is 0 Å². The van der Waals surface area contributed by atoms with Gasteiger partial charge in [-0.1, -0.05) is 29.8 Å². The fourth-order valence-electron chi connectivity index (χ4n) is 5.96. The molecule has 0 atom stereocenters. The molecule has 1 saturated heterocycles. The summed E-state index contributed by atoms with van der Waals surface area (Å²) in [7, 11) is -3.78. The predicted octanol–water partition coefficient (Wildman–Crippen LogP) is 3.96. The second-order valence-electron chi connectivity index (χ2n) is 11.9. The Hall–Kier alpha value is -4.21. The van der Waals surface area contributed by atoms with E-state index in [1.165, 1.54) is 16.7 Å². The third kappa shape index (κ3) is 7.85. The Morgan fingerprint density at radius 2 is 1.68 bits per heavy atom. The van der Waals surface area contributed by atoms with Gasteiger partial charge in [0.25, 0.3) is 6.43 Å². The second-order valence-corrected chi connectivity index (χ2v) is 13.7. The number of carbonyl (C=O) groups excluding carboxylic acids is 1. The van der Waals surface area contributed by atoms with Crippen molar-refractivity contribution in [3.63, 3.8) is 0 Å². The van der Waals surface area contributed by atoms with Gasteiger partial charge in [-0.25, -0.2) is 26.9 Å². The van der Waals surface area contributed by atoms with Crippen molar-refractivity contribution >= 4 is 38.7 Å². The largest absolute Gasteiger partial charge is 0.378 e. The number of hydrogen-bond donors (Lipinski definition) is 3. The molecule has 4 aromatic rings. The maximum absolute atomic E-state index is 14.2. The maximum atomic E-state index is 14.2. The van der Waals surface area contributed by atoms with Gasteiger partial charge in [0, 0.05) is 31.7 Å². The first kappa shape index (κ1) is 32.7. The molecular weight excluding hydrogens is 630 g/mol. The van der Waals surface area contributed by atoms with Gasteiger partial charge >= 0.3 is 0 Å². The number of imidazole rings is 1. The van der Waals surface area contributed by atoms with E-state index in [4.69, 9.17) is 14.7 Å². The Balaban J connectivity index is 1.09. The van der Waals surface area contributed by atoms with E-state index in [0.717, 1.165) is 31.2 Å². The molecule has 6 rings (SSSR count). The molecule has 1 aliphatic carbocycles. The highest BCUT2D eigenvalue weighted by atomic mass is 32.2. The Kier molecular flexibility index (Phi) is 9.94. The van der Waals surface area contributed by atoms with E-state index in [1.54, 1.807) is 42.5 Å². The lowest BCUT2D eigenvalue weighted by molar-refractivity contribution is -0.120. The number of alkyl halides is 2. The summed E-state index contributed by atoms with van der Waals surface area (Å²) in [6.07, 6.45) is 0.425. The van der Waals surface area contributed by atoms with Gasteiger partial charge in [-0.15, -0.1) is 0 Å². The lowest BCUT2D eigenvalue weighted by atomic mass is 9.86. The van der Waals surface area contributed by atoms with Crippen LogP contribution in [0.1, 0.15) is 43.5 Å². The third-order valence-corrected chi connectivity index (χ3v) is 9.98. The molecular formula is C32H38F2N8O4S. The third-order valence-electron chi connectivity index (χ3n) is 8.57. The number of sulfonamides is 1. The van der Waals surface area contributed by atoms with Crippen LogP contribution in [0.25, 0.3) is 16.9 Å². The molecule has 2 aromatic heterocycles. The monoisotopic (exact) mass is 668 g/mol. The number of benzene rings is 2. The van der Waals surface area contributed by atoms with Crippen molar-refractivity contribution in [3.8, 4) is 5.82 Å². The molecule has 2 aromatic carbocycles. The smallest absolute Gasteiger partial charge is 0.296 e. The van der Waals surface area contributed by atoms with Crippen LogP contribution in [0.4, 0.5) is 20.5 Å². The SMILES string of the molecule is Cc1ccc(S(=O)(=O)NCC(=O)NCC2CCC(Nc3nc(N4CCOCC4)cc(-n4c(C(F)F)nc5ccccc54)n3)CC2)cc1. The van der Waals surface area contributed by atoms with E-state index in [-0.39, 0.29) is 29.2 Å². The van der Waals surface area contributed by atoms with Crippen LogP contribution < -0.4 is 20.3 Å². The first-order valence-electron chi connectivity index (χ1n) is 15.7. The molecule has 1 saturated carbocycles. The van der Waals surface area contributed by atoms with Gasteiger partial charge in [-0.3, -0.25) is 9.36 Å². The van der Waals surface area contributed by atoms with Crippen LogP contribution in [-0.2, 0) is 19.6 Å². The Morgan fingerprint density at radius 3 is 2.40 bits per heavy atom. The van der Waals surface area contributed by atoms with E-state index >= 15 is 0 Å². The number of nitrogens with zero attached hydrogens (tertiary/aromatic N) is 5. The Labute approximate surface area is 272 Å². The molecule has 1 amide bonds. The van der Waals surface area contributed by atoms with E-state index in [9.17, 15) is 22.0 Å². The zero-order valence-electron chi connectivity index (χ0n) is 26.0. The average Bonchev–Trinajstić information content (AvgIpc) is 3.48. The molecule has 3 N–H and O–H groups in total. The molecule has 47 heavy (non-hydrogen) atoms. The minimum absolute atomic E-state index is 0.0464. The number of fused-ring (bicyclic) bond motifs is 1. The first-order chi connectivity index (χ1) is 22.7. The number of rotatable bonds is 11. The van der Waals surface area contributed by atoms with Gasteiger partial charge in [-0.2, -0.15) is 9.97 Å². The highest BCUT2D eigenvalue weighted by molar-refractivity contribution is 7.89. The van der Waals surface area contributed by atoms with Crippen LogP contribution >= 0.6 is 0 Å². The van der Waals surface area contributed by atoms with Gasteiger partial charge in [0.15, 0.2) is 5.82 Å². The first-order valence-corrected chi connectivity index (χ1v) is 17.2. The number of anilines is 2. The number of aryl methyl sites for hydroxylation is 1. The van der Waals surface area contributed by atoms with Gasteiger partial charge in [0.05, 0.1) is 35.7 Å². The predicted molar refractivity (Wildman–Crippen MR) is 173 cm³/mol. The summed E-state index contributed by atoms with van der Waals surface area (Å²) < 4.78 is 62.6. The molecule has 250 valence electrons. The van der Waals surface area contributed by atoms with Crippen molar-refractivity contribution < 1.29 is 26.7 Å². The molecule has 12 nitrogen and oxygen atoms in total. The number of hydrogen-bond acceptors (Lipinski definition) is 9. The number of para-hydroxylation sites is 2. The van der Waals surface area contributed by atoms with Crippen LogP contribution in [0, 0.1) is 12.8 Å². The Bertz CT molecular complexity index is 1810. The highest BCUT2D eigenvalue weighted by Gasteiger charge is 2.26. The number of carbonyl (C=O) groups is 1. The topological polar surface area (TPSA) is 143 Å². The molecule has 1 aliphatic heterocycles. The molecule has 2 fully saturated rings. The summed E-state index contributed by atoms with van der Waals surface area (Å²) in [6.45, 7) is 4.28. The van der Waals surface area contributed by atoms with Crippen molar-refractivity contribution in [2.24, 2.45) is 5.92 Å². The molecule has 0 bridgehead atoms. The Morgan fingerprint density at radius 1 is 0.979 bits per heavy atom. The van der Waals surface area contributed by atoms with E-state index in [1.807, 2.05) is 6.92 Å². The number of amides is 1. The molecule has 0 unspecified atom stereocenters. The summed E-state index contributed by atoms with van der Waals surface area (Å²) in [5.41, 5.74) is 1.93. The zero-order chi connectivity index (χ0) is 33.0. The van der Waals surface area contributed by atoms with Crippen molar-refractivity contribution in [1.82, 2.24) is 29.6 Å². The standard InChI is InChI=1S/C32H38F2N8O4S/c1-21-6-12-24(13-7-21)47(44,45)36-20-29(43)35-19-22-8-10-23(11-9-22)37-32-39-27(41-14-16-46-17-15-41)18-28(40-32)42-26-5-3-2-4-25(26)38-31(42)30(33)34/h2-7,12-13,18,22-23,30,36H,8-11,14-17,19-20H2,1H3,(H,35,43)(H,37,39,40). The number of aromatic nitrogens is 4. The molecule has 2 aliphatic rings. The van der Waals surface area contributed by atoms with Gasteiger partial charge in [-0.05, 0) is 62.8 Å². The van der Waals surface area contributed by atoms with Gasteiger partial charge in [0.1, 0.15) is 11.6 Å². The van der Waals surface area contributed by atoms with Crippen LogP contribution in [0.5, 0.6) is 0 Å². The molecule has 0 radical (unpaired) electrons. The highest BCUT2D eigenvalue weighted by Crippen LogP contribution is 2.31. The summed E-state index contributed by atoms with van der Waals surface area (Å²) in [5.74, 6) is 0.731. The van der Waals surface area contributed by atoms with Crippen molar-refractivity contribution in [3.05, 3.63) is 66.0 Å². The van der Waals surface area contributed by atoms with Crippen molar-refractivity contribution in [2.45, 2.75) is 50.0 Å². The average molecular weight is 669 g/mol. The van der Waals surface area contributed by atoms with E-state index in [2.05, 4.69) is 25.2 Å².